The smallest absolute Gasteiger partial charge is 0.261 e. The molecule has 1 heterocycles. The first-order valence-electron chi connectivity index (χ1n) is 6.14. The molecular weight excluding hydrogens is 342 g/mol. The Bertz CT molecular complexity index is 892. The number of hydrogen-bond donors (Lipinski definition) is 0. The van der Waals surface area contributed by atoms with Crippen molar-refractivity contribution >= 4 is 26.8 Å². The molecular formula is C15H9BrF2N2O. The number of fused-ring (bicyclic) bond motifs is 1. The molecule has 3 aromatic rings. The Balaban J connectivity index is 2.11. The zero-order valence-electron chi connectivity index (χ0n) is 10.7. The summed E-state index contributed by atoms with van der Waals surface area (Å²) in [5.41, 5.74) is 0.359. The van der Waals surface area contributed by atoms with E-state index < -0.39 is 11.6 Å². The van der Waals surface area contributed by atoms with Crippen LogP contribution in [0.3, 0.4) is 0 Å². The summed E-state index contributed by atoms with van der Waals surface area (Å²) >= 11 is 3.29. The summed E-state index contributed by atoms with van der Waals surface area (Å²) in [7, 11) is 0. The summed E-state index contributed by atoms with van der Waals surface area (Å²) in [6.45, 7) is -0.0715. The lowest BCUT2D eigenvalue weighted by Crippen LogP contribution is -2.21. The predicted octanol–water partition coefficient (Wildman–Crippen LogP) is 3.49. The molecule has 0 aliphatic rings. The Kier molecular flexibility index (Phi) is 3.55. The highest BCUT2D eigenvalue weighted by atomic mass is 79.9. The number of rotatable bonds is 2. The van der Waals surface area contributed by atoms with Crippen LogP contribution in [-0.2, 0) is 6.54 Å². The van der Waals surface area contributed by atoms with Gasteiger partial charge >= 0.3 is 0 Å². The minimum atomic E-state index is -0.946. The van der Waals surface area contributed by atoms with Crippen LogP contribution in [0.2, 0.25) is 0 Å². The molecule has 0 atom stereocenters. The third kappa shape index (κ3) is 2.58. The van der Waals surface area contributed by atoms with Crippen LogP contribution in [0.1, 0.15) is 5.56 Å². The second-order valence-corrected chi connectivity index (χ2v) is 5.47. The molecule has 0 saturated heterocycles. The van der Waals surface area contributed by atoms with Gasteiger partial charge in [0.15, 0.2) is 11.6 Å². The van der Waals surface area contributed by atoms with Crippen molar-refractivity contribution in [2.45, 2.75) is 6.54 Å². The Labute approximate surface area is 127 Å². The van der Waals surface area contributed by atoms with E-state index in [0.29, 0.717) is 10.9 Å². The second kappa shape index (κ2) is 5.37. The van der Waals surface area contributed by atoms with Gasteiger partial charge in [0.05, 0.1) is 23.8 Å². The summed E-state index contributed by atoms with van der Waals surface area (Å²) in [5.74, 6) is -1.88. The molecule has 0 aliphatic carbocycles. The number of hydrogen-bond acceptors (Lipinski definition) is 2. The van der Waals surface area contributed by atoms with E-state index in [4.69, 9.17) is 0 Å². The molecule has 0 bridgehead atoms. The first kappa shape index (κ1) is 13.9. The minimum absolute atomic E-state index is 0.0715. The zero-order valence-corrected chi connectivity index (χ0v) is 12.3. The predicted molar refractivity (Wildman–Crippen MR) is 79.2 cm³/mol. The normalized spacial score (nSPS) is 11.0. The van der Waals surface area contributed by atoms with Crippen molar-refractivity contribution in [2.75, 3.05) is 0 Å². The zero-order chi connectivity index (χ0) is 15.0. The van der Waals surface area contributed by atoms with Gasteiger partial charge in [-0.3, -0.25) is 9.36 Å². The van der Waals surface area contributed by atoms with E-state index in [1.54, 1.807) is 18.2 Å². The first-order chi connectivity index (χ1) is 10.1. The Morgan fingerprint density at radius 1 is 1.19 bits per heavy atom. The van der Waals surface area contributed by atoms with Crippen molar-refractivity contribution in [3.05, 3.63) is 74.7 Å². The Morgan fingerprint density at radius 2 is 2.00 bits per heavy atom. The van der Waals surface area contributed by atoms with Gasteiger partial charge in [-0.15, -0.1) is 0 Å². The highest BCUT2D eigenvalue weighted by Gasteiger charge is 2.10. The van der Waals surface area contributed by atoms with E-state index in [0.717, 1.165) is 10.5 Å². The van der Waals surface area contributed by atoms with Gasteiger partial charge < -0.3 is 0 Å². The maximum absolute atomic E-state index is 13.7. The Hall–Kier alpha value is -2.08. The molecule has 3 rings (SSSR count). The topological polar surface area (TPSA) is 34.9 Å². The number of aromatic nitrogens is 2. The molecule has 1 aromatic heterocycles. The molecule has 0 aliphatic heterocycles. The van der Waals surface area contributed by atoms with Gasteiger partial charge in [-0.05, 0) is 24.3 Å². The molecule has 0 unspecified atom stereocenters. The van der Waals surface area contributed by atoms with Crippen LogP contribution in [0.5, 0.6) is 0 Å². The van der Waals surface area contributed by atoms with Crippen LogP contribution < -0.4 is 5.56 Å². The Morgan fingerprint density at radius 3 is 2.81 bits per heavy atom. The lowest BCUT2D eigenvalue weighted by Gasteiger charge is -2.08. The van der Waals surface area contributed by atoms with Crippen LogP contribution in [-0.4, -0.2) is 9.55 Å². The van der Waals surface area contributed by atoms with Crippen molar-refractivity contribution < 1.29 is 8.78 Å². The van der Waals surface area contributed by atoms with Crippen LogP contribution in [0.4, 0.5) is 8.78 Å². The van der Waals surface area contributed by atoms with Gasteiger partial charge in [-0.1, -0.05) is 28.1 Å². The molecule has 0 saturated carbocycles. The number of halogens is 3. The monoisotopic (exact) mass is 350 g/mol. The van der Waals surface area contributed by atoms with E-state index in [1.165, 1.54) is 23.0 Å². The fourth-order valence-electron chi connectivity index (χ4n) is 2.10. The summed E-state index contributed by atoms with van der Waals surface area (Å²) < 4.78 is 28.9. The molecule has 6 heteroatoms. The van der Waals surface area contributed by atoms with Crippen molar-refractivity contribution in [3.8, 4) is 0 Å². The quantitative estimate of drug-likeness (QED) is 0.709. The third-order valence-corrected chi connectivity index (χ3v) is 3.65. The molecule has 0 fully saturated rings. The highest BCUT2D eigenvalue weighted by molar-refractivity contribution is 9.10. The fourth-order valence-corrected chi connectivity index (χ4v) is 2.46. The van der Waals surface area contributed by atoms with Gasteiger partial charge in [-0.2, -0.15) is 0 Å². The van der Waals surface area contributed by atoms with Crippen molar-refractivity contribution in [3.63, 3.8) is 0 Å². The maximum Gasteiger partial charge on any atom is 0.261 e. The maximum atomic E-state index is 13.7. The van der Waals surface area contributed by atoms with Gasteiger partial charge in [0, 0.05) is 10.0 Å². The molecule has 0 spiro atoms. The molecule has 2 aromatic carbocycles. The number of benzene rings is 2. The molecule has 106 valence electrons. The molecule has 0 amide bonds. The number of nitrogens with zero attached hydrogens (tertiary/aromatic N) is 2. The molecule has 0 radical (unpaired) electrons. The van der Waals surface area contributed by atoms with E-state index >= 15 is 0 Å². The van der Waals surface area contributed by atoms with E-state index in [1.807, 2.05) is 0 Å². The average molecular weight is 351 g/mol. The van der Waals surface area contributed by atoms with Crippen LogP contribution >= 0.6 is 15.9 Å². The van der Waals surface area contributed by atoms with E-state index in [2.05, 4.69) is 20.9 Å². The van der Waals surface area contributed by atoms with Gasteiger partial charge in [0.2, 0.25) is 0 Å². The summed E-state index contributed by atoms with van der Waals surface area (Å²) in [4.78, 5) is 16.5. The van der Waals surface area contributed by atoms with E-state index in [9.17, 15) is 13.6 Å². The standard InChI is InChI=1S/C15H9BrF2N2O/c16-10-4-5-13-11(6-10)15(21)20(8-19-13)7-9-2-1-3-12(17)14(9)18/h1-6,8H,7H2. The minimum Gasteiger partial charge on any atom is -0.294 e. The third-order valence-electron chi connectivity index (χ3n) is 3.16. The second-order valence-electron chi connectivity index (χ2n) is 4.55. The summed E-state index contributed by atoms with van der Waals surface area (Å²) in [5, 5.41) is 0.420. The van der Waals surface area contributed by atoms with Gasteiger partial charge in [-0.25, -0.2) is 13.8 Å². The van der Waals surface area contributed by atoms with Crippen LogP contribution in [0.15, 0.2) is 52.0 Å². The van der Waals surface area contributed by atoms with Gasteiger partial charge in [0.25, 0.3) is 5.56 Å². The van der Waals surface area contributed by atoms with E-state index in [-0.39, 0.29) is 17.7 Å². The first-order valence-corrected chi connectivity index (χ1v) is 6.93. The molecule has 21 heavy (non-hydrogen) atoms. The lowest BCUT2D eigenvalue weighted by atomic mass is 10.2. The fraction of sp³-hybridized carbons (Fsp3) is 0.0667. The van der Waals surface area contributed by atoms with Crippen LogP contribution in [0.25, 0.3) is 10.9 Å². The van der Waals surface area contributed by atoms with Crippen molar-refractivity contribution in [2.24, 2.45) is 0 Å². The highest BCUT2D eigenvalue weighted by Crippen LogP contribution is 2.16. The summed E-state index contributed by atoms with van der Waals surface area (Å²) in [6, 6.07) is 9.04. The van der Waals surface area contributed by atoms with Crippen LogP contribution in [0, 0.1) is 11.6 Å². The molecule has 3 nitrogen and oxygen atoms in total. The SMILES string of the molecule is O=c1c2cc(Br)ccc2ncn1Cc1cccc(F)c1F. The van der Waals surface area contributed by atoms with Crippen molar-refractivity contribution in [1.82, 2.24) is 9.55 Å². The van der Waals surface area contributed by atoms with Gasteiger partial charge in [0.1, 0.15) is 0 Å². The molecule has 0 N–H and O–H groups in total. The largest absolute Gasteiger partial charge is 0.294 e. The lowest BCUT2D eigenvalue weighted by molar-refractivity contribution is 0.494. The van der Waals surface area contributed by atoms with Crippen molar-refractivity contribution in [1.29, 1.82) is 0 Å². The summed E-state index contributed by atoms with van der Waals surface area (Å²) in [6.07, 6.45) is 1.34. The average Bonchev–Trinajstić information content (AvgIpc) is 2.47.